The Morgan fingerprint density at radius 2 is 1.79 bits per heavy atom. The molecule has 0 unspecified atom stereocenters. The smallest absolute Gasteiger partial charge is 0.0963 e. The Bertz CT molecular complexity index is 531. The van der Waals surface area contributed by atoms with E-state index in [1.807, 2.05) is 11.3 Å². The highest BCUT2D eigenvalue weighted by molar-refractivity contribution is 7.10. The van der Waals surface area contributed by atoms with Crippen molar-refractivity contribution in [1.29, 1.82) is 0 Å². The monoisotopic (exact) mass is 271 g/mol. The van der Waals surface area contributed by atoms with E-state index in [0.717, 1.165) is 5.69 Å². The minimum Gasteiger partial charge on any atom is -0.241 e. The molecule has 0 radical (unpaired) electrons. The van der Waals surface area contributed by atoms with Gasteiger partial charge in [0, 0.05) is 16.9 Å². The van der Waals surface area contributed by atoms with Gasteiger partial charge in [0.25, 0.3) is 0 Å². The average molecular weight is 271 g/mol. The molecule has 1 nitrogen and oxygen atoms in total. The van der Waals surface area contributed by atoms with Gasteiger partial charge in [-0.1, -0.05) is 44.2 Å². The molecule has 1 aliphatic rings. The molecule has 0 spiro atoms. The third-order valence-corrected chi connectivity index (χ3v) is 5.29. The first-order chi connectivity index (χ1) is 9.14. The van der Waals surface area contributed by atoms with Crippen molar-refractivity contribution < 1.29 is 0 Å². The Morgan fingerprint density at radius 1 is 1.11 bits per heavy atom. The normalized spacial score (nSPS) is 19.5. The first kappa shape index (κ1) is 12.9. The zero-order chi connectivity index (χ0) is 13.3. The molecule has 3 rings (SSSR count). The van der Waals surface area contributed by atoms with Gasteiger partial charge in [0.05, 0.1) is 10.7 Å². The Labute approximate surface area is 119 Å². The summed E-state index contributed by atoms with van der Waals surface area (Å²) in [6.45, 7) is 4.78. The molecule has 1 aromatic heterocycles. The lowest BCUT2D eigenvalue weighted by Crippen LogP contribution is -2.20. The van der Waals surface area contributed by atoms with Gasteiger partial charge in [-0.25, -0.2) is 4.98 Å². The van der Waals surface area contributed by atoms with Crippen LogP contribution in [0.1, 0.15) is 50.5 Å². The van der Waals surface area contributed by atoms with Gasteiger partial charge in [0.15, 0.2) is 0 Å². The van der Waals surface area contributed by atoms with Crippen LogP contribution in [0.5, 0.6) is 0 Å². The van der Waals surface area contributed by atoms with Crippen LogP contribution in [0.15, 0.2) is 35.7 Å². The number of rotatable bonds is 2. The predicted molar refractivity (Wildman–Crippen MR) is 82.5 cm³/mol. The summed E-state index contributed by atoms with van der Waals surface area (Å²) in [7, 11) is 0. The molecule has 0 saturated heterocycles. The van der Waals surface area contributed by atoms with Gasteiger partial charge < -0.3 is 0 Å². The van der Waals surface area contributed by atoms with E-state index in [-0.39, 0.29) is 0 Å². The number of thiazole rings is 1. The van der Waals surface area contributed by atoms with Gasteiger partial charge >= 0.3 is 0 Å². The number of nitrogens with zero attached hydrogens (tertiary/aromatic N) is 1. The largest absolute Gasteiger partial charge is 0.241 e. The Balaban J connectivity index is 1.76. The summed E-state index contributed by atoms with van der Waals surface area (Å²) in [5, 5.41) is 3.55. The van der Waals surface area contributed by atoms with E-state index in [0.29, 0.717) is 11.3 Å². The van der Waals surface area contributed by atoms with Crippen molar-refractivity contribution in [3.8, 4) is 11.3 Å². The van der Waals surface area contributed by atoms with Crippen molar-refractivity contribution in [2.45, 2.75) is 45.4 Å². The second-order valence-corrected chi connectivity index (χ2v) is 7.27. The van der Waals surface area contributed by atoms with E-state index >= 15 is 0 Å². The standard InChI is InChI=1S/C17H21NS/c1-17(2)10-8-14(9-11-17)16-18-15(12-19-16)13-6-4-3-5-7-13/h3-7,12,14H,8-11H2,1-2H3. The van der Waals surface area contributed by atoms with Gasteiger partial charge in [-0.05, 0) is 31.1 Å². The molecule has 0 aliphatic heterocycles. The summed E-state index contributed by atoms with van der Waals surface area (Å²) in [6.07, 6.45) is 5.26. The molecular formula is C17H21NS. The topological polar surface area (TPSA) is 12.9 Å². The maximum atomic E-state index is 4.87. The van der Waals surface area contributed by atoms with Crippen molar-refractivity contribution >= 4 is 11.3 Å². The lowest BCUT2D eigenvalue weighted by Gasteiger charge is -2.33. The Kier molecular flexibility index (Phi) is 3.44. The van der Waals surface area contributed by atoms with E-state index in [9.17, 15) is 0 Å². The molecule has 2 heteroatoms. The molecule has 1 aliphatic carbocycles. The molecule has 0 atom stereocenters. The van der Waals surface area contributed by atoms with Crippen molar-refractivity contribution in [3.05, 3.63) is 40.7 Å². The first-order valence-corrected chi connectivity index (χ1v) is 8.03. The van der Waals surface area contributed by atoms with Gasteiger partial charge in [0.2, 0.25) is 0 Å². The van der Waals surface area contributed by atoms with Gasteiger partial charge in [-0.2, -0.15) is 0 Å². The third kappa shape index (κ3) is 2.89. The van der Waals surface area contributed by atoms with E-state index < -0.39 is 0 Å². The van der Waals surface area contributed by atoms with E-state index in [1.54, 1.807) is 0 Å². The molecule has 0 bridgehead atoms. The molecule has 1 heterocycles. The van der Waals surface area contributed by atoms with Crippen LogP contribution in [-0.2, 0) is 0 Å². The lowest BCUT2D eigenvalue weighted by atomic mass is 9.73. The molecular weight excluding hydrogens is 250 g/mol. The fourth-order valence-corrected chi connectivity index (χ4v) is 3.86. The van der Waals surface area contributed by atoms with Gasteiger partial charge in [-0.3, -0.25) is 0 Å². The molecule has 1 fully saturated rings. The lowest BCUT2D eigenvalue weighted by molar-refractivity contribution is 0.224. The average Bonchev–Trinajstić information content (AvgIpc) is 2.89. The van der Waals surface area contributed by atoms with Crippen LogP contribution in [0.4, 0.5) is 0 Å². The van der Waals surface area contributed by atoms with Gasteiger partial charge in [-0.15, -0.1) is 11.3 Å². The van der Waals surface area contributed by atoms with Crippen LogP contribution >= 0.6 is 11.3 Å². The molecule has 19 heavy (non-hydrogen) atoms. The van der Waals surface area contributed by atoms with Gasteiger partial charge in [0.1, 0.15) is 0 Å². The van der Waals surface area contributed by atoms with Crippen LogP contribution in [0.25, 0.3) is 11.3 Å². The summed E-state index contributed by atoms with van der Waals surface area (Å²) < 4.78 is 0. The van der Waals surface area contributed by atoms with E-state index in [2.05, 4.69) is 49.6 Å². The van der Waals surface area contributed by atoms with E-state index in [1.165, 1.54) is 36.3 Å². The maximum absolute atomic E-state index is 4.87. The Morgan fingerprint density at radius 3 is 2.47 bits per heavy atom. The molecule has 0 N–H and O–H groups in total. The predicted octanol–water partition coefficient (Wildman–Crippen LogP) is 5.49. The summed E-state index contributed by atoms with van der Waals surface area (Å²) in [4.78, 5) is 4.87. The summed E-state index contributed by atoms with van der Waals surface area (Å²) >= 11 is 1.84. The number of benzene rings is 1. The van der Waals surface area contributed by atoms with Crippen molar-refractivity contribution in [2.24, 2.45) is 5.41 Å². The minimum atomic E-state index is 0.538. The number of aromatic nitrogens is 1. The summed E-state index contributed by atoms with van der Waals surface area (Å²) in [6, 6.07) is 10.5. The third-order valence-electron chi connectivity index (χ3n) is 4.28. The van der Waals surface area contributed by atoms with Crippen LogP contribution < -0.4 is 0 Å². The molecule has 0 amide bonds. The Hall–Kier alpha value is -1.15. The highest BCUT2D eigenvalue weighted by Crippen LogP contribution is 2.43. The molecule has 2 aromatic rings. The fraction of sp³-hybridized carbons (Fsp3) is 0.471. The fourth-order valence-electron chi connectivity index (χ4n) is 2.86. The summed E-state index contributed by atoms with van der Waals surface area (Å²) in [5.74, 6) is 0.690. The van der Waals surface area contributed by atoms with Crippen molar-refractivity contribution in [2.75, 3.05) is 0 Å². The SMILES string of the molecule is CC1(C)CCC(c2nc(-c3ccccc3)cs2)CC1. The zero-order valence-corrected chi connectivity index (χ0v) is 12.5. The number of hydrogen-bond acceptors (Lipinski definition) is 2. The molecule has 1 aromatic carbocycles. The number of hydrogen-bond donors (Lipinski definition) is 0. The quantitative estimate of drug-likeness (QED) is 0.703. The first-order valence-electron chi connectivity index (χ1n) is 7.15. The minimum absolute atomic E-state index is 0.538. The molecule has 100 valence electrons. The highest BCUT2D eigenvalue weighted by Gasteiger charge is 2.29. The maximum Gasteiger partial charge on any atom is 0.0963 e. The van der Waals surface area contributed by atoms with Crippen molar-refractivity contribution in [1.82, 2.24) is 4.98 Å². The molecule has 1 saturated carbocycles. The van der Waals surface area contributed by atoms with Crippen LogP contribution in [0.3, 0.4) is 0 Å². The second kappa shape index (κ2) is 5.09. The van der Waals surface area contributed by atoms with E-state index in [4.69, 9.17) is 4.98 Å². The zero-order valence-electron chi connectivity index (χ0n) is 11.7. The van der Waals surface area contributed by atoms with Crippen LogP contribution in [0, 0.1) is 5.41 Å². The highest BCUT2D eigenvalue weighted by atomic mass is 32.1. The van der Waals surface area contributed by atoms with Crippen LogP contribution in [0.2, 0.25) is 0 Å². The second-order valence-electron chi connectivity index (χ2n) is 6.38. The van der Waals surface area contributed by atoms with Crippen LogP contribution in [-0.4, -0.2) is 4.98 Å². The van der Waals surface area contributed by atoms with Crippen molar-refractivity contribution in [3.63, 3.8) is 0 Å². The summed E-state index contributed by atoms with van der Waals surface area (Å²) in [5.41, 5.74) is 2.92.